The number of pyridine rings is 2. The molecule has 4 heterocycles. The topological polar surface area (TPSA) is 48.1 Å². The standard InChI is InChI=1S/C22H21N5/c1-2-21(27-14-12-26(13-15-27)19-6-9-23-10-7-19)22(25-8-1)18-3-4-20-17(16-18)5-11-24-20/h1-11,16,24H,12-15H2. The Morgan fingerprint density at radius 3 is 2.48 bits per heavy atom. The number of hydrogen-bond donors (Lipinski definition) is 1. The zero-order valence-corrected chi connectivity index (χ0v) is 15.0. The van der Waals surface area contributed by atoms with Crippen LogP contribution in [-0.4, -0.2) is 41.1 Å². The highest BCUT2D eigenvalue weighted by molar-refractivity contribution is 5.87. The van der Waals surface area contributed by atoms with Crippen molar-refractivity contribution in [2.24, 2.45) is 0 Å². The number of aromatic amines is 1. The molecule has 3 aromatic heterocycles. The van der Waals surface area contributed by atoms with Crippen LogP contribution in [0, 0.1) is 0 Å². The zero-order valence-electron chi connectivity index (χ0n) is 15.0. The maximum absolute atomic E-state index is 4.72. The Morgan fingerprint density at radius 2 is 1.63 bits per heavy atom. The van der Waals surface area contributed by atoms with E-state index in [2.05, 4.69) is 62.2 Å². The molecule has 0 saturated carbocycles. The van der Waals surface area contributed by atoms with Crippen LogP contribution in [0.1, 0.15) is 0 Å². The number of nitrogens with one attached hydrogen (secondary N) is 1. The molecule has 4 aromatic rings. The van der Waals surface area contributed by atoms with Crippen LogP contribution in [0.4, 0.5) is 11.4 Å². The summed E-state index contributed by atoms with van der Waals surface area (Å²) >= 11 is 0. The van der Waals surface area contributed by atoms with E-state index in [9.17, 15) is 0 Å². The molecule has 0 atom stereocenters. The third-order valence-corrected chi connectivity index (χ3v) is 5.26. The molecule has 1 N–H and O–H groups in total. The van der Waals surface area contributed by atoms with Crippen LogP contribution < -0.4 is 9.80 Å². The molecule has 5 rings (SSSR count). The van der Waals surface area contributed by atoms with Gasteiger partial charge < -0.3 is 14.8 Å². The largest absolute Gasteiger partial charge is 0.368 e. The zero-order chi connectivity index (χ0) is 18.1. The number of fused-ring (bicyclic) bond motifs is 1. The second kappa shape index (κ2) is 6.76. The Kier molecular flexibility index (Phi) is 3.98. The number of H-pyrrole nitrogens is 1. The van der Waals surface area contributed by atoms with Crippen molar-refractivity contribution in [1.82, 2.24) is 15.0 Å². The number of nitrogens with zero attached hydrogens (tertiary/aromatic N) is 4. The Balaban J connectivity index is 1.41. The van der Waals surface area contributed by atoms with Gasteiger partial charge in [0.15, 0.2) is 0 Å². The number of aromatic nitrogens is 3. The molecule has 0 spiro atoms. The quantitative estimate of drug-likeness (QED) is 0.604. The highest BCUT2D eigenvalue weighted by atomic mass is 15.3. The Bertz CT molecular complexity index is 1050. The molecule has 0 aliphatic carbocycles. The number of anilines is 2. The van der Waals surface area contributed by atoms with Crippen LogP contribution in [0.25, 0.3) is 22.2 Å². The van der Waals surface area contributed by atoms with E-state index in [0.29, 0.717) is 0 Å². The summed E-state index contributed by atoms with van der Waals surface area (Å²) in [6, 6.07) is 17.0. The molecule has 134 valence electrons. The minimum absolute atomic E-state index is 0.980. The Morgan fingerprint density at radius 1 is 0.815 bits per heavy atom. The lowest BCUT2D eigenvalue weighted by Crippen LogP contribution is -2.46. The average Bonchev–Trinajstić information content (AvgIpc) is 3.22. The van der Waals surface area contributed by atoms with Gasteiger partial charge in [0.2, 0.25) is 0 Å². The molecule has 1 aromatic carbocycles. The summed E-state index contributed by atoms with van der Waals surface area (Å²) in [5.74, 6) is 0. The number of rotatable bonds is 3. The normalized spacial score (nSPS) is 14.7. The van der Waals surface area contributed by atoms with Crippen molar-refractivity contribution in [3.63, 3.8) is 0 Å². The van der Waals surface area contributed by atoms with Crippen LogP contribution in [0.15, 0.2) is 73.3 Å². The fourth-order valence-corrected chi connectivity index (χ4v) is 3.84. The average molecular weight is 355 g/mol. The van der Waals surface area contributed by atoms with Crippen LogP contribution in [0.3, 0.4) is 0 Å². The van der Waals surface area contributed by atoms with E-state index in [0.717, 1.165) is 43.0 Å². The Labute approximate surface area is 158 Å². The van der Waals surface area contributed by atoms with Gasteiger partial charge in [0.25, 0.3) is 0 Å². The summed E-state index contributed by atoms with van der Waals surface area (Å²) in [7, 11) is 0. The molecule has 1 aliphatic rings. The molecule has 1 saturated heterocycles. The van der Waals surface area contributed by atoms with Crippen LogP contribution in [-0.2, 0) is 0 Å². The van der Waals surface area contributed by atoms with E-state index in [1.54, 1.807) is 0 Å². The molecule has 5 nitrogen and oxygen atoms in total. The van der Waals surface area contributed by atoms with Gasteiger partial charge in [-0.15, -0.1) is 0 Å². The van der Waals surface area contributed by atoms with Crippen molar-refractivity contribution in [2.45, 2.75) is 0 Å². The first kappa shape index (κ1) is 15.9. The van der Waals surface area contributed by atoms with Crippen molar-refractivity contribution in [3.05, 3.63) is 73.3 Å². The van der Waals surface area contributed by atoms with E-state index in [4.69, 9.17) is 4.98 Å². The summed E-state index contributed by atoms with van der Waals surface area (Å²) in [5.41, 5.74) is 5.82. The smallest absolute Gasteiger partial charge is 0.0935 e. The van der Waals surface area contributed by atoms with Gasteiger partial charge in [-0.3, -0.25) is 9.97 Å². The minimum atomic E-state index is 0.980. The van der Waals surface area contributed by atoms with Crippen molar-refractivity contribution in [1.29, 1.82) is 0 Å². The van der Waals surface area contributed by atoms with Gasteiger partial charge in [-0.1, -0.05) is 6.07 Å². The first-order chi connectivity index (χ1) is 13.4. The van der Waals surface area contributed by atoms with Gasteiger partial charge in [-0.2, -0.15) is 0 Å². The SMILES string of the molecule is c1cnc(-c2ccc3[nH]ccc3c2)c(N2CCN(c3ccncc3)CC2)c1. The minimum Gasteiger partial charge on any atom is -0.368 e. The monoisotopic (exact) mass is 355 g/mol. The van der Waals surface area contributed by atoms with Crippen LogP contribution in [0.5, 0.6) is 0 Å². The van der Waals surface area contributed by atoms with Crippen LogP contribution >= 0.6 is 0 Å². The van der Waals surface area contributed by atoms with E-state index in [1.807, 2.05) is 30.9 Å². The second-order valence-electron chi connectivity index (χ2n) is 6.83. The first-order valence-corrected chi connectivity index (χ1v) is 9.31. The van der Waals surface area contributed by atoms with Gasteiger partial charge in [0.1, 0.15) is 0 Å². The molecule has 1 fully saturated rings. The number of hydrogen-bond acceptors (Lipinski definition) is 4. The van der Waals surface area contributed by atoms with Gasteiger partial charge in [-0.25, -0.2) is 0 Å². The number of benzene rings is 1. The van der Waals surface area contributed by atoms with Crippen LogP contribution in [0.2, 0.25) is 0 Å². The van der Waals surface area contributed by atoms with E-state index in [1.165, 1.54) is 16.8 Å². The van der Waals surface area contributed by atoms with E-state index in [-0.39, 0.29) is 0 Å². The third kappa shape index (κ3) is 3.01. The van der Waals surface area contributed by atoms with Gasteiger partial charge in [0.05, 0.1) is 11.4 Å². The molecule has 27 heavy (non-hydrogen) atoms. The summed E-state index contributed by atoms with van der Waals surface area (Å²) in [5, 5.41) is 1.21. The lowest BCUT2D eigenvalue weighted by Gasteiger charge is -2.37. The molecule has 0 unspecified atom stereocenters. The first-order valence-electron chi connectivity index (χ1n) is 9.31. The predicted octanol–water partition coefficient (Wildman–Crippen LogP) is 3.95. The van der Waals surface area contributed by atoms with Gasteiger partial charge >= 0.3 is 0 Å². The molecular weight excluding hydrogens is 334 g/mol. The molecule has 0 bridgehead atoms. The molecular formula is C22H21N5. The summed E-state index contributed by atoms with van der Waals surface area (Å²) in [6.07, 6.45) is 7.58. The third-order valence-electron chi connectivity index (χ3n) is 5.26. The lowest BCUT2D eigenvalue weighted by molar-refractivity contribution is 0.653. The maximum atomic E-state index is 4.72. The summed E-state index contributed by atoms with van der Waals surface area (Å²) in [6.45, 7) is 3.95. The summed E-state index contributed by atoms with van der Waals surface area (Å²) < 4.78 is 0. The van der Waals surface area contributed by atoms with E-state index >= 15 is 0 Å². The number of piperazine rings is 1. The van der Waals surface area contributed by atoms with Gasteiger partial charge in [0, 0.05) is 73.1 Å². The fraction of sp³-hybridized carbons (Fsp3) is 0.182. The van der Waals surface area contributed by atoms with Gasteiger partial charge in [-0.05, 0) is 42.5 Å². The lowest BCUT2D eigenvalue weighted by atomic mass is 10.1. The predicted molar refractivity (Wildman–Crippen MR) is 110 cm³/mol. The van der Waals surface area contributed by atoms with Crippen molar-refractivity contribution in [3.8, 4) is 11.3 Å². The van der Waals surface area contributed by atoms with Crippen molar-refractivity contribution in [2.75, 3.05) is 36.0 Å². The highest BCUT2D eigenvalue weighted by Gasteiger charge is 2.20. The van der Waals surface area contributed by atoms with E-state index < -0.39 is 0 Å². The maximum Gasteiger partial charge on any atom is 0.0935 e. The second-order valence-corrected chi connectivity index (χ2v) is 6.83. The van der Waals surface area contributed by atoms with Crippen molar-refractivity contribution >= 4 is 22.3 Å². The molecule has 0 radical (unpaired) electrons. The van der Waals surface area contributed by atoms with Crippen molar-refractivity contribution < 1.29 is 0 Å². The Hall–Kier alpha value is -3.34. The molecule has 1 aliphatic heterocycles. The fourth-order valence-electron chi connectivity index (χ4n) is 3.84. The summed E-state index contributed by atoms with van der Waals surface area (Å²) in [4.78, 5) is 17.0. The highest BCUT2D eigenvalue weighted by Crippen LogP contribution is 2.31. The molecule has 5 heteroatoms. The molecule has 0 amide bonds.